The number of nitrogens with zero attached hydrogens (tertiary/aromatic N) is 2. The van der Waals surface area contributed by atoms with Gasteiger partial charge in [0.1, 0.15) is 6.29 Å². The van der Waals surface area contributed by atoms with E-state index in [-0.39, 0.29) is 11.8 Å². The van der Waals surface area contributed by atoms with E-state index in [1.165, 1.54) is 6.42 Å². The third-order valence-electron chi connectivity index (χ3n) is 6.98. The van der Waals surface area contributed by atoms with Crippen molar-refractivity contribution in [2.24, 2.45) is 11.8 Å². The molecule has 1 N–H and O–H groups in total. The number of hydrogen-bond acceptors (Lipinski definition) is 4. The summed E-state index contributed by atoms with van der Waals surface area (Å²) in [6, 6.07) is 7.66. The van der Waals surface area contributed by atoms with Gasteiger partial charge in [0.05, 0.1) is 5.60 Å². The minimum atomic E-state index is -0.522. The van der Waals surface area contributed by atoms with Crippen LogP contribution < -0.4 is 4.90 Å². The maximum atomic E-state index is 13.0. The molecule has 3 aliphatic rings. The first-order valence-electron chi connectivity index (χ1n) is 10.4. The molecule has 5 heteroatoms. The Bertz CT molecular complexity index is 681. The fourth-order valence-electron chi connectivity index (χ4n) is 5.18. The highest BCUT2D eigenvalue weighted by atomic mass is 16.3. The van der Waals surface area contributed by atoms with Gasteiger partial charge < -0.3 is 14.9 Å². The maximum absolute atomic E-state index is 13.0. The van der Waals surface area contributed by atoms with Crippen molar-refractivity contribution in [1.29, 1.82) is 0 Å². The van der Waals surface area contributed by atoms with Crippen LogP contribution in [0.3, 0.4) is 0 Å². The minimum absolute atomic E-state index is 0.102. The van der Waals surface area contributed by atoms with E-state index in [0.29, 0.717) is 18.0 Å². The second kappa shape index (κ2) is 7.63. The molecule has 3 fully saturated rings. The lowest BCUT2D eigenvalue weighted by atomic mass is 9.71. The van der Waals surface area contributed by atoms with Crippen molar-refractivity contribution in [2.45, 2.75) is 50.5 Å². The molecule has 2 heterocycles. The number of amides is 1. The summed E-state index contributed by atoms with van der Waals surface area (Å²) in [5.74, 6) is 0.657. The molecule has 2 atom stereocenters. The van der Waals surface area contributed by atoms with Gasteiger partial charge in [0.15, 0.2) is 0 Å². The van der Waals surface area contributed by atoms with Crippen LogP contribution in [0.1, 0.15) is 55.3 Å². The number of carbonyl (C=O) groups is 2. The number of likely N-dealkylation sites (tertiary alicyclic amines) is 1. The second-order valence-electron chi connectivity index (χ2n) is 8.55. The van der Waals surface area contributed by atoms with Gasteiger partial charge in [0.25, 0.3) is 0 Å². The Balaban J connectivity index is 1.32. The molecule has 4 rings (SSSR count). The summed E-state index contributed by atoms with van der Waals surface area (Å²) in [7, 11) is 0. The van der Waals surface area contributed by atoms with Gasteiger partial charge in [0.2, 0.25) is 5.91 Å². The van der Waals surface area contributed by atoms with Crippen LogP contribution in [0, 0.1) is 11.8 Å². The van der Waals surface area contributed by atoms with Crippen LogP contribution in [0.15, 0.2) is 24.3 Å². The highest BCUT2D eigenvalue weighted by molar-refractivity contribution is 5.79. The molecule has 1 saturated carbocycles. The number of hydrogen-bond donors (Lipinski definition) is 1. The van der Waals surface area contributed by atoms with Crippen LogP contribution in [0.4, 0.5) is 5.69 Å². The number of aliphatic hydroxyl groups is 1. The molecular formula is C22H30N2O3. The molecule has 1 aromatic carbocycles. The van der Waals surface area contributed by atoms with Crippen molar-refractivity contribution in [1.82, 2.24) is 4.90 Å². The molecule has 27 heavy (non-hydrogen) atoms. The zero-order chi connectivity index (χ0) is 18.9. The van der Waals surface area contributed by atoms with E-state index in [0.717, 1.165) is 70.1 Å². The van der Waals surface area contributed by atoms with Crippen molar-refractivity contribution in [3.63, 3.8) is 0 Å². The molecule has 0 bridgehead atoms. The van der Waals surface area contributed by atoms with Crippen LogP contribution in [0.25, 0.3) is 0 Å². The number of piperidine rings is 2. The Labute approximate surface area is 161 Å². The standard InChI is InChI=1S/C22H30N2O3/c25-16-17-4-6-20(7-5-17)23-12-8-18(9-13-23)21(26)24-14-11-22(27)10-2-1-3-19(22)15-24/h4-7,16,18-19,27H,1-3,8-15H2/t19-,22-/m0/s1. The Kier molecular flexibility index (Phi) is 5.22. The van der Waals surface area contributed by atoms with Crippen LogP contribution in [0.5, 0.6) is 0 Å². The zero-order valence-corrected chi connectivity index (χ0v) is 16.0. The highest BCUT2D eigenvalue weighted by Crippen LogP contribution is 2.40. The van der Waals surface area contributed by atoms with E-state index < -0.39 is 5.60 Å². The van der Waals surface area contributed by atoms with Crippen molar-refractivity contribution in [3.05, 3.63) is 29.8 Å². The van der Waals surface area contributed by atoms with Gasteiger partial charge in [0, 0.05) is 49.3 Å². The third kappa shape index (κ3) is 3.75. The number of aldehydes is 1. The van der Waals surface area contributed by atoms with Crippen molar-refractivity contribution in [2.75, 3.05) is 31.1 Å². The molecule has 2 aliphatic heterocycles. The summed E-state index contributed by atoms with van der Waals surface area (Å²) < 4.78 is 0. The Morgan fingerprint density at radius 2 is 1.78 bits per heavy atom. The third-order valence-corrected chi connectivity index (χ3v) is 6.98. The second-order valence-corrected chi connectivity index (χ2v) is 8.55. The van der Waals surface area contributed by atoms with E-state index in [1.54, 1.807) is 0 Å². The molecule has 1 aromatic rings. The smallest absolute Gasteiger partial charge is 0.225 e. The summed E-state index contributed by atoms with van der Waals surface area (Å²) in [6.07, 6.45) is 7.60. The van der Waals surface area contributed by atoms with E-state index in [1.807, 2.05) is 29.2 Å². The number of anilines is 1. The summed E-state index contributed by atoms with van der Waals surface area (Å²) in [5, 5.41) is 10.8. The molecule has 0 unspecified atom stereocenters. The molecule has 0 radical (unpaired) electrons. The Hall–Kier alpha value is -1.88. The first-order valence-corrected chi connectivity index (χ1v) is 10.4. The van der Waals surface area contributed by atoms with Gasteiger partial charge in [-0.05, 0) is 56.4 Å². The Morgan fingerprint density at radius 3 is 2.48 bits per heavy atom. The minimum Gasteiger partial charge on any atom is -0.389 e. The van der Waals surface area contributed by atoms with Gasteiger partial charge in [-0.3, -0.25) is 9.59 Å². The van der Waals surface area contributed by atoms with Crippen LogP contribution >= 0.6 is 0 Å². The van der Waals surface area contributed by atoms with E-state index in [2.05, 4.69) is 4.90 Å². The Morgan fingerprint density at radius 1 is 1.04 bits per heavy atom. The number of carbonyl (C=O) groups excluding carboxylic acids is 2. The fourth-order valence-corrected chi connectivity index (χ4v) is 5.18. The molecule has 1 amide bonds. The normalized spacial score (nSPS) is 29.3. The van der Waals surface area contributed by atoms with Crippen LogP contribution in [-0.2, 0) is 4.79 Å². The zero-order valence-electron chi connectivity index (χ0n) is 16.0. The number of rotatable bonds is 3. The first-order chi connectivity index (χ1) is 13.1. The fraction of sp³-hybridized carbons (Fsp3) is 0.636. The lowest BCUT2D eigenvalue weighted by Crippen LogP contribution is -2.56. The summed E-state index contributed by atoms with van der Waals surface area (Å²) in [6.45, 7) is 3.19. The molecule has 0 aromatic heterocycles. The van der Waals surface area contributed by atoms with Gasteiger partial charge in [-0.2, -0.15) is 0 Å². The predicted molar refractivity (Wildman–Crippen MR) is 105 cm³/mol. The van der Waals surface area contributed by atoms with Crippen LogP contribution in [-0.4, -0.2) is 54.0 Å². The topological polar surface area (TPSA) is 60.9 Å². The predicted octanol–water partition coefficient (Wildman–Crippen LogP) is 2.87. The van der Waals surface area contributed by atoms with Gasteiger partial charge >= 0.3 is 0 Å². The maximum Gasteiger partial charge on any atom is 0.225 e. The lowest BCUT2D eigenvalue weighted by Gasteiger charge is -2.48. The molecule has 146 valence electrons. The lowest BCUT2D eigenvalue weighted by molar-refractivity contribution is -0.148. The first kappa shape index (κ1) is 18.5. The largest absolute Gasteiger partial charge is 0.389 e. The molecule has 1 aliphatic carbocycles. The summed E-state index contributed by atoms with van der Waals surface area (Å²) in [4.78, 5) is 28.2. The molecule has 0 spiro atoms. The van der Waals surface area contributed by atoms with Crippen molar-refractivity contribution >= 4 is 17.9 Å². The quantitative estimate of drug-likeness (QED) is 0.831. The molecule has 2 saturated heterocycles. The monoisotopic (exact) mass is 370 g/mol. The average Bonchev–Trinajstić information content (AvgIpc) is 2.73. The van der Waals surface area contributed by atoms with E-state index >= 15 is 0 Å². The van der Waals surface area contributed by atoms with Crippen molar-refractivity contribution < 1.29 is 14.7 Å². The summed E-state index contributed by atoms with van der Waals surface area (Å²) >= 11 is 0. The van der Waals surface area contributed by atoms with Gasteiger partial charge in [-0.1, -0.05) is 12.8 Å². The van der Waals surface area contributed by atoms with Gasteiger partial charge in [-0.25, -0.2) is 0 Å². The number of benzene rings is 1. The SMILES string of the molecule is O=Cc1ccc(N2CCC(C(=O)N3CC[C@@]4(O)CCCC[C@H]4C3)CC2)cc1. The van der Waals surface area contributed by atoms with Crippen LogP contribution in [0.2, 0.25) is 0 Å². The van der Waals surface area contributed by atoms with E-state index in [9.17, 15) is 14.7 Å². The molecular weight excluding hydrogens is 340 g/mol. The number of fused-ring (bicyclic) bond motifs is 1. The van der Waals surface area contributed by atoms with Gasteiger partial charge in [-0.15, -0.1) is 0 Å². The average molecular weight is 370 g/mol. The molecule has 5 nitrogen and oxygen atoms in total. The highest BCUT2D eigenvalue weighted by Gasteiger charge is 2.44. The summed E-state index contributed by atoms with van der Waals surface area (Å²) in [5.41, 5.74) is 1.29. The van der Waals surface area contributed by atoms with Crippen molar-refractivity contribution in [3.8, 4) is 0 Å². The van der Waals surface area contributed by atoms with E-state index in [4.69, 9.17) is 0 Å².